The van der Waals surface area contributed by atoms with Crippen LogP contribution in [0.3, 0.4) is 0 Å². The van der Waals surface area contributed by atoms with Crippen molar-refractivity contribution in [3.8, 4) is 0 Å². The second kappa shape index (κ2) is 6.84. The number of hydrogen-bond donors (Lipinski definition) is 1. The molecule has 2 aromatic carbocycles. The lowest BCUT2D eigenvalue weighted by atomic mass is 10.1. The quantitative estimate of drug-likeness (QED) is 0.680. The van der Waals surface area contributed by atoms with Crippen molar-refractivity contribution in [3.63, 3.8) is 0 Å². The third kappa shape index (κ3) is 3.57. The maximum Gasteiger partial charge on any atom is 0.342 e. The van der Waals surface area contributed by atoms with E-state index < -0.39 is 16.0 Å². The van der Waals surface area contributed by atoms with Crippen LogP contribution in [0.1, 0.15) is 30.0 Å². The van der Waals surface area contributed by atoms with Gasteiger partial charge in [0, 0.05) is 11.1 Å². The molecule has 26 heavy (non-hydrogen) atoms. The Bertz CT molecular complexity index is 1050. The van der Waals surface area contributed by atoms with Crippen LogP contribution in [0.15, 0.2) is 57.8 Å². The number of benzene rings is 2. The number of esters is 1. The lowest BCUT2D eigenvalue weighted by Crippen LogP contribution is -2.13. The first-order valence-electron chi connectivity index (χ1n) is 8.10. The molecule has 0 aliphatic carbocycles. The lowest BCUT2D eigenvalue weighted by molar-refractivity contribution is 0.0378. The monoisotopic (exact) mass is 373 g/mol. The van der Waals surface area contributed by atoms with Crippen LogP contribution in [0, 0.1) is 6.92 Å². The Morgan fingerprint density at radius 3 is 2.46 bits per heavy atom. The molecule has 7 heteroatoms. The minimum atomic E-state index is -3.72. The Balaban J connectivity index is 2.00. The number of nitrogens with one attached hydrogen (secondary N) is 1. The van der Waals surface area contributed by atoms with Crippen molar-refractivity contribution >= 4 is 32.6 Å². The minimum absolute atomic E-state index is 0.155. The molecule has 3 aromatic rings. The van der Waals surface area contributed by atoms with Gasteiger partial charge in [0.05, 0.1) is 11.0 Å². The average molecular weight is 373 g/mol. The van der Waals surface area contributed by atoms with Crippen LogP contribution in [0.25, 0.3) is 11.0 Å². The molecule has 1 N–H and O–H groups in total. The Labute approximate surface area is 151 Å². The highest BCUT2D eigenvalue weighted by Crippen LogP contribution is 2.30. The maximum atomic E-state index is 12.5. The Kier molecular flexibility index (Phi) is 4.73. The minimum Gasteiger partial charge on any atom is -0.460 e. The second-order valence-corrected chi connectivity index (χ2v) is 7.80. The third-order valence-electron chi connectivity index (χ3n) is 3.72. The van der Waals surface area contributed by atoms with Crippen LogP contribution in [0.2, 0.25) is 0 Å². The first kappa shape index (κ1) is 18.0. The van der Waals surface area contributed by atoms with Crippen LogP contribution < -0.4 is 4.72 Å². The SMILES string of the molecule is Cc1oc2ccc(NS(=O)(=O)c3ccccc3)cc2c1C(=O)OC(C)C. The summed E-state index contributed by atoms with van der Waals surface area (Å²) in [6.07, 6.45) is -0.272. The fourth-order valence-corrected chi connectivity index (χ4v) is 3.69. The molecular formula is C19H19NO5S. The Morgan fingerprint density at radius 2 is 1.81 bits per heavy atom. The molecule has 0 saturated carbocycles. The molecule has 6 nitrogen and oxygen atoms in total. The standard InChI is InChI=1S/C19H19NO5S/c1-12(2)24-19(21)18-13(3)25-17-10-9-14(11-16(17)18)20-26(22,23)15-7-5-4-6-8-15/h4-12,20H,1-3H3. The normalized spacial score (nSPS) is 11.7. The summed E-state index contributed by atoms with van der Waals surface area (Å²) >= 11 is 0. The van der Waals surface area contributed by atoms with Crippen molar-refractivity contribution in [2.45, 2.75) is 31.8 Å². The summed E-state index contributed by atoms with van der Waals surface area (Å²) in [4.78, 5) is 12.5. The molecule has 1 heterocycles. The zero-order valence-electron chi connectivity index (χ0n) is 14.6. The van der Waals surface area contributed by atoms with Crippen LogP contribution in [-0.2, 0) is 14.8 Å². The molecular weight excluding hydrogens is 354 g/mol. The highest BCUT2D eigenvalue weighted by atomic mass is 32.2. The van der Waals surface area contributed by atoms with Crippen LogP contribution in [-0.4, -0.2) is 20.5 Å². The van der Waals surface area contributed by atoms with E-state index in [9.17, 15) is 13.2 Å². The second-order valence-electron chi connectivity index (χ2n) is 6.12. The van der Waals surface area contributed by atoms with Crippen LogP contribution in [0.5, 0.6) is 0 Å². The predicted molar refractivity (Wildman–Crippen MR) is 98.8 cm³/mol. The number of furan rings is 1. The van der Waals surface area contributed by atoms with Gasteiger partial charge in [-0.3, -0.25) is 4.72 Å². The third-order valence-corrected chi connectivity index (χ3v) is 5.11. The van der Waals surface area contributed by atoms with Crippen LogP contribution in [0.4, 0.5) is 5.69 Å². The molecule has 0 atom stereocenters. The molecule has 0 bridgehead atoms. The van der Waals surface area contributed by atoms with Gasteiger partial charge >= 0.3 is 5.97 Å². The zero-order valence-corrected chi connectivity index (χ0v) is 15.5. The van der Waals surface area contributed by atoms with E-state index in [1.807, 2.05) is 0 Å². The number of ether oxygens (including phenoxy) is 1. The van der Waals surface area contributed by atoms with Crippen molar-refractivity contribution in [2.24, 2.45) is 0 Å². The number of sulfonamides is 1. The summed E-state index contributed by atoms with van der Waals surface area (Å²) in [6, 6.07) is 12.8. The van der Waals surface area contributed by atoms with E-state index in [0.29, 0.717) is 28.0 Å². The number of carbonyl (C=O) groups excluding carboxylic acids is 1. The summed E-state index contributed by atoms with van der Waals surface area (Å²) in [7, 11) is -3.72. The highest BCUT2D eigenvalue weighted by Gasteiger charge is 2.22. The molecule has 136 valence electrons. The molecule has 0 aliphatic rings. The van der Waals surface area contributed by atoms with E-state index in [-0.39, 0.29) is 11.0 Å². The molecule has 0 amide bonds. The summed E-state index contributed by atoms with van der Waals surface area (Å²) in [5, 5.41) is 0.501. The van der Waals surface area contributed by atoms with Gasteiger partial charge in [-0.25, -0.2) is 13.2 Å². The van der Waals surface area contributed by atoms with Crippen molar-refractivity contribution in [3.05, 3.63) is 59.9 Å². The van der Waals surface area contributed by atoms with E-state index in [1.165, 1.54) is 12.1 Å². The lowest BCUT2D eigenvalue weighted by Gasteiger charge is -2.09. The summed E-state index contributed by atoms with van der Waals surface area (Å²) in [5.74, 6) is -0.0759. The largest absolute Gasteiger partial charge is 0.460 e. The van der Waals surface area contributed by atoms with E-state index in [4.69, 9.17) is 9.15 Å². The fraction of sp³-hybridized carbons (Fsp3) is 0.211. The maximum absolute atomic E-state index is 12.5. The van der Waals surface area contributed by atoms with Gasteiger partial charge in [0.25, 0.3) is 10.0 Å². The molecule has 3 rings (SSSR count). The summed E-state index contributed by atoms with van der Waals surface area (Å²) in [5.41, 5.74) is 1.12. The average Bonchev–Trinajstić information content (AvgIpc) is 2.90. The number of fused-ring (bicyclic) bond motifs is 1. The van der Waals surface area contributed by atoms with E-state index in [1.54, 1.807) is 57.2 Å². The predicted octanol–water partition coefficient (Wildman–Crippen LogP) is 4.11. The van der Waals surface area contributed by atoms with Gasteiger partial charge in [-0.1, -0.05) is 18.2 Å². The topological polar surface area (TPSA) is 85.6 Å². The Hall–Kier alpha value is -2.80. The van der Waals surface area contributed by atoms with Gasteiger partial charge in [-0.15, -0.1) is 0 Å². The van der Waals surface area contributed by atoms with Gasteiger partial charge in [-0.05, 0) is 51.1 Å². The number of anilines is 1. The molecule has 0 spiro atoms. The summed E-state index contributed by atoms with van der Waals surface area (Å²) < 4.78 is 38.3. The van der Waals surface area contributed by atoms with Crippen molar-refractivity contribution in [2.75, 3.05) is 4.72 Å². The molecule has 0 radical (unpaired) electrons. The first-order valence-corrected chi connectivity index (χ1v) is 9.58. The smallest absolute Gasteiger partial charge is 0.342 e. The number of rotatable bonds is 5. The number of aryl methyl sites for hydroxylation is 1. The van der Waals surface area contributed by atoms with E-state index >= 15 is 0 Å². The highest BCUT2D eigenvalue weighted by molar-refractivity contribution is 7.92. The van der Waals surface area contributed by atoms with Crippen molar-refractivity contribution in [1.82, 2.24) is 0 Å². The van der Waals surface area contributed by atoms with Crippen LogP contribution >= 0.6 is 0 Å². The summed E-state index contributed by atoms with van der Waals surface area (Å²) in [6.45, 7) is 5.19. The van der Waals surface area contributed by atoms with Crippen molar-refractivity contribution in [1.29, 1.82) is 0 Å². The first-order chi connectivity index (χ1) is 12.3. The molecule has 1 aromatic heterocycles. The molecule has 0 aliphatic heterocycles. The van der Waals surface area contributed by atoms with Gasteiger partial charge in [-0.2, -0.15) is 0 Å². The van der Waals surface area contributed by atoms with Gasteiger partial charge in [0.1, 0.15) is 16.9 Å². The van der Waals surface area contributed by atoms with Gasteiger partial charge in [0.2, 0.25) is 0 Å². The number of hydrogen-bond acceptors (Lipinski definition) is 5. The van der Waals surface area contributed by atoms with Gasteiger partial charge in [0.15, 0.2) is 0 Å². The van der Waals surface area contributed by atoms with Gasteiger partial charge < -0.3 is 9.15 Å². The molecule has 0 saturated heterocycles. The molecule has 0 unspecified atom stereocenters. The van der Waals surface area contributed by atoms with E-state index in [2.05, 4.69) is 4.72 Å². The molecule has 0 fully saturated rings. The van der Waals surface area contributed by atoms with E-state index in [0.717, 1.165) is 0 Å². The fourth-order valence-electron chi connectivity index (χ4n) is 2.62. The number of carbonyl (C=O) groups is 1. The zero-order chi connectivity index (χ0) is 18.9. The van der Waals surface area contributed by atoms with Crippen molar-refractivity contribution < 1.29 is 22.4 Å². The Morgan fingerprint density at radius 1 is 1.12 bits per heavy atom.